The van der Waals surface area contributed by atoms with Crippen LogP contribution in [0, 0.1) is 0 Å². The molecule has 3 heterocycles. The minimum Gasteiger partial charge on any atom is -0.485 e. The van der Waals surface area contributed by atoms with Crippen LogP contribution < -0.4 is 10.1 Å². The molecule has 2 aliphatic rings. The van der Waals surface area contributed by atoms with Crippen LogP contribution in [0.3, 0.4) is 0 Å². The first kappa shape index (κ1) is 13.3. The highest BCUT2D eigenvalue weighted by Crippen LogP contribution is 2.37. The summed E-state index contributed by atoms with van der Waals surface area (Å²) < 4.78 is 6.12. The Hall–Kier alpha value is -2.36. The van der Waals surface area contributed by atoms with Gasteiger partial charge < -0.3 is 10.1 Å². The van der Waals surface area contributed by atoms with E-state index in [0.29, 0.717) is 0 Å². The zero-order chi connectivity index (χ0) is 14.8. The summed E-state index contributed by atoms with van der Waals surface area (Å²) >= 11 is 0. The first-order valence-electron chi connectivity index (χ1n) is 7.86. The third-order valence-corrected chi connectivity index (χ3v) is 4.26. The van der Waals surface area contributed by atoms with Gasteiger partial charge in [0.05, 0.1) is 12.4 Å². The Labute approximate surface area is 130 Å². The average Bonchev–Trinajstić information content (AvgIpc) is 3.22. The number of nitrogens with one attached hydrogen (secondary N) is 1. The average molecular weight is 293 g/mol. The van der Waals surface area contributed by atoms with Gasteiger partial charge in [0.2, 0.25) is 0 Å². The molecule has 2 aliphatic heterocycles. The van der Waals surface area contributed by atoms with Gasteiger partial charge in [-0.3, -0.25) is 9.98 Å². The monoisotopic (exact) mass is 293 g/mol. The van der Waals surface area contributed by atoms with E-state index in [4.69, 9.17) is 4.74 Å². The lowest BCUT2D eigenvalue weighted by Gasteiger charge is -2.15. The number of aromatic nitrogens is 1. The summed E-state index contributed by atoms with van der Waals surface area (Å²) in [6.07, 6.45) is 4.69. The number of amidine groups is 1. The van der Waals surface area contributed by atoms with Crippen molar-refractivity contribution >= 4 is 5.84 Å². The quantitative estimate of drug-likeness (QED) is 0.943. The van der Waals surface area contributed by atoms with E-state index in [1.165, 1.54) is 11.1 Å². The molecule has 1 aromatic carbocycles. The highest BCUT2D eigenvalue weighted by molar-refractivity contribution is 5.83. The molecule has 0 radical (unpaired) electrons. The maximum atomic E-state index is 6.12. The third-order valence-electron chi connectivity index (χ3n) is 4.26. The number of hydrogen-bond acceptors (Lipinski definition) is 4. The second-order valence-electron chi connectivity index (χ2n) is 5.71. The van der Waals surface area contributed by atoms with E-state index >= 15 is 0 Å². The molecular weight excluding hydrogens is 274 g/mol. The summed E-state index contributed by atoms with van der Waals surface area (Å²) in [6, 6.07) is 12.4. The maximum absolute atomic E-state index is 6.12. The molecule has 0 amide bonds. The summed E-state index contributed by atoms with van der Waals surface area (Å²) in [5, 5.41) is 3.32. The van der Waals surface area contributed by atoms with E-state index in [0.717, 1.165) is 49.6 Å². The van der Waals surface area contributed by atoms with Crippen molar-refractivity contribution in [1.29, 1.82) is 0 Å². The van der Waals surface area contributed by atoms with Crippen molar-refractivity contribution in [1.82, 2.24) is 10.3 Å². The van der Waals surface area contributed by atoms with Gasteiger partial charge in [-0.05, 0) is 24.1 Å². The van der Waals surface area contributed by atoms with Crippen molar-refractivity contribution in [2.24, 2.45) is 4.99 Å². The molecule has 0 bridgehead atoms. The number of aryl methyl sites for hydroxylation is 1. The summed E-state index contributed by atoms with van der Waals surface area (Å²) in [6.45, 7) is 1.86. The van der Waals surface area contributed by atoms with Crippen LogP contribution in [0.25, 0.3) is 0 Å². The Balaban J connectivity index is 1.53. The summed E-state index contributed by atoms with van der Waals surface area (Å²) in [5.74, 6) is 2.11. The summed E-state index contributed by atoms with van der Waals surface area (Å²) in [5.41, 5.74) is 3.61. The molecule has 1 atom stereocenters. The van der Waals surface area contributed by atoms with Crippen molar-refractivity contribution in [2.75, 3.05) is 13.1 Å². The lowest BCUT2D eigenvalue weighted by molar-refractivity contribution is 0.237. The fourth-order valence-electron chi connectivity index (χ4n) is 3.16. The lowest BCUT2D eigenvalue weighted by atomic mass is 10.00. The topological polar surface area (TPSA) is 46.5 Å². The molecule has 4 heteroatoms. The molecule has 0 saturated carbocycles. The van der Waals surface area contributed by atoms with Gasteiger partial charge in [-0.1, -0.05) is 24.3 Å². The van der Waals surface area contributed by atoms with Gasteiger partial charge in [-0.15, -0.1) is 0 Å². The molecule has 0 fully saturated rings. The van der Waals surface area contributed by atoms with E-state index in [2.05, 4.69) is 33.5 Å². The third kappa shape index (κ3) is 2.56. The minimum atomic E-state index is 0.0829. The summed E-state index contributed by atoms with van der Waals surface area (Å²) in [7, 11) is 0. The number of benzene rings is 1. The van der Waals surface area contributed by atoms with Gasteiger partial charge in [-0.25, -0.2) is 0 Å². The van der Waals surface area contributed by atoms with Crippen LogP contribution in [0.5, 0.6) is 5.75 Å². The van der Waals surface area contributed by atoms with E-state index in [9.17, 15) is 0 Å². The zero-order valence-corrected chi connectivity index (χ0v) is 12.5. The Kier molecular flexibility index (Phi) is 3.51. The number of ether oxygens (including phenoxy) is 1. The number of hydrogen-bond donors (Lipinski definition) is 1. The van der Waals surface area contributed by atoms with Gasteiger partial charge >= 0.3 is 0 Å². The van der Waals surface area contributed by atoms with Gasteiger partial charge in [-0.2, -0.15) is 0 Å². The van der Waals surface area contributed by atoms with Crippen molar-refractivity contribution in [3.8, 4) is 5.75 Å². The fraction of sp³-hybridized carbons (Fsp3) is 0.333. The predicted molar refractivity (Wildman–Crippen MR) is 86.4 cm³/mol. The number of fused-ring (bicyclic) bond motifs is 1. The molecule has 1 unspecified atom stereocenters. The molecule has 4 nitrogen and oxygen atoms in total. The van der Waals surface area contributed by atoms with Crippen LogP contribution >= 0.6 is 0 Å². The second kappa shape index (κ2) is 5.79. The molecule has 0 aliphatic carbocycles. The first-order valence-corrected chi connectivity index (χ1v) is 7.86. The number of nitrogens with zero attached hydrogens (tertiary/aromatic N) is 2. The fourth-order valence-corrected chi connectivity index (χ4v) is 3.16. The molecule has 1 aromatic heterocycles. The SMILES string of the molecule is c1ccc2c(c1)CC(c1cccnc1CCC1=NCCN1)O2. The largest absolute Gasteiger partial charge is 0.485 e. The van der Waals surface area contributed by atoms with Crippen LogP contribution in [-0.4, -0.2) is 23.9 Å². The van der Waals surface area contributed by atoms with Gasteiger partial charge in [0.15, 0.2) is 0 Å². The minimum absolute atomic E-state index is 0.0829. The number of pyridine rings is 1. The molecular formula is C18H19N3O. The molecule has 0 saturated heterocycles. The highest BCUT2D eigenvalue weighted by Gasteiger charge is 2.26. The molecule has 112 valence electrons. The van der Waals surface area contributed by atoms with Gasteiger partial charge in [0, 0.05) is 36.8 Å². The number of para-hydroxylation sites is 1. The van der Waals surface area contributed by atoms with Crippen molar-refractivity contribution in [3.63, 3.8) is 0 Å². The van der Waals surface area contributed by atoms with Crippen LogP contribution in [0.15, 0.2) is 47.6 Å². The predicted octanol–water partition coefficient (Wildman–Crippen LogP) is 2.69. The zero-order valence-electron chi connectivity index (χ0n) is 12.5. The Morgan fingerprint density at radius 1 is 1.14 bits per heavy atom. The highest BCUT2D eigenvalue weighted by atomic mass is 16.5. The number of aliphatic imine (C=N–C) groups is 1. The molecule has 22 heavy (non-hydrogen) atoms. The number of rotatable bonds is 4. The smallest absolute Gasteiger partial charge is 0.130 e. The lowest BCUT2D eigenvalue weighted by Crippen LogP contribution is -2.19. The normalized spacial score (nSPS) is 19.3. The van der Waals surface area contributed by atoms with E-state index in [-0.39, 0.29) is 6.10 Å². The van der Waals surface area contributed by atoms with Crippen molar-refractivity contribution < 1.29 is 4.74 Å². The van der Waals surface area contributed by atoms with Crippen LogP contribution in [-0.2, 0) is 12.8 Å². The summed E-state index contributed by atoms with van der Waals surface area (Å²) in [4.78, 5) is 9.04. The van der Waals surface area contributed by atoms with Crippen molar-refractivity contribution in [3.05, 3.63) is 59.4 Å². The maximum Gasteiger partial charge on any atom is 0.130 e. The van der Waals surface area contributed by atoms with Crippen LogP contribution in [0.4, 0.5) is 0 Å². The van der Waals surface area contributed by atoms with Gasteiger partial charge in [0.1, 0.15) is 11.9 Å². The molecule has 2 aromatic rings. The van der Waals surface area contributed by atoms with E-state index < -0.39 is 0 Å². The Morgan fingerprint density at radius 3 is 2.95 bits per heavy atom. The Bertz CT molecular complexity index is 686. The van der Waals surface area contributed by atoms with E-state index in [1.807, 2.05) is 24.4 Å². The molecule has 1 N–H and O–H groups in total. The first-order chi connectivity index (χ1) is 10.9. The molecule has 0 spiro atoms. The molecule has 4 rings (SSSR count). The van der Waals surface area contributed by atoms with E-state index in [1.54, 1.807) is 0 Å². The standard InChI is InChI=1S/C18H19N3O/c1-2-6-16-13(4-1)12-17(22-16)14-5-3-9-19-15(14)7-8-18-20-10-11-21-18/h1-6,9,17H,7-8,10-12H2,(H,20,21). The van der Waals surface area contributed by atoms with Crippen LogP contribution in [0.1, 0.15) is 29.3 Å². The van der Waals surface area contributed by atoms with Crippen molar-refractivity contribution in [2.45, 2.75) is 25.4 Å². The second-order valence-corrected chi connectivity index (χ2v) is 5.71. The Morgan fingerprint density at radius 2 is 2.09 bits per heavy atom. The van der Waals surface area contributed by atoms with Gasteiger partial charge in [0.25, 0.3) is 0 Å². The van der Waals surface area contributed by atoms with Crippen LogP contribution in [0.2, 0.25) is 0 Å².